The number of halogens is 3. The van der Waals surface area contributed by atoms with Crippen molar-refractivity contribution in [3.05, 3.63) is 65.2 Å². The number of ketones is 1. The summed E-state index contributed by atoms with van der Waals surface area (Å²) in [7, 11) is 5.92. The van der Waals surface area contributed by atoms with Crippen LogP contribution in [0.1, 0.15) is 83.5 Å². The van der Waals surface area contributed by atoms with E-state index in [0.29, 0.717) is 19.4 Å². The lowest BCUT2D eigenvalue weighted by atomic mass is 9.86. The molecule has 9 heteroatoms. The van der Waals surface area contributed by atoms with Crippen molar-refractivity contribution in [1.29, 1.82) is 0 Å². The van der Waals surface area contributed by atoms with Gasteiger partial charge in [-0.1, -0.05) is 70.5 Å². The summed E-state index contributed by atoms with van der Waals surface area (Å²) in [5.41, 5.74) is 3.61. The van der Waals surface area contributed by atoms with E-state index in [4.69, 9.17) is 0 Å². The van der Waals surface area contributed by atoms with Crippen LogP contribution in [0.25, 0.3) is 0 Å². The first-order chi connectivity index (χ1) is 19.4. The maximum Gasteiger partial charge on any atom is 0.573 e. The van der Waals surface area contributed by atoms with Gasteiger partial charge in [-0.25, -0.2) is 0 Å². The van der Waals surface area contributed by atoms with E-state index in [0.717, 1.165) is 24.9 Å². The van der Waals surface area contributed by atoms with Gasteiger partial charge in [0.2, 0.25) is 5.91 Å². The lowest BCUT2D eigenvalue weighted by molar-refractivity contribution is -0.274. The molecule has 0 aliphatic rings. The lowest BCUT2D eigenvalue weighted by Crippen LogP contribution is -2.40. The van der Waals surface area contributed by atoms with E-state index in [1.165, 1.54) is 23.3 Å². The quantitative estimate of drug-likeness (QED) is 0.273. The average Bonchev–Trinajstić information content (AvgIpc) is 2.88. The van der Waals surface area contributed by atoms with Crippen molar-refractivity contribution in [3.8, 4) is 5.75 Å². The first kappa shape index (κ1) is 37.1. The molecular formula is C33H50F3N3O3. The van der Waals surface area contributed by atoms with Gasteiger partial charge in [-0.05, 0) is 82.1 Å². The van der Waals surface area contributed by atoms with Crippen LogP contribution in [-0.2, 0) is 21.4 Å². The highest BCUT2D eigenvalue weighted by Crippen LogP contribution is 2.27. The highest BCUT2D eigenvalue weighted by molar-refractivity contribution is 5.83. The number of aryl methyl sites for hydroxylation is 1. The molecular weight excluding hydrogens is 543 g/mol. The minimum atomic E-state index is -4.60. The zero-order valence-corrected chi connectivity index (χ0v) is 26.8. The van der Waals surface area contributed by atoms with Gasteiger partial charge < -0.3 is 15.0 Å². The molecule has 6 nitrogen and oxygen atoms in total. The molecule has 0 spiro atoms. The molecule has 2 aromatic rings. The van der Waals surface area contributed by atoms with Gasteiger partial charge in [-0.15, -0.1) is 13.2 Å². The molecule has 0 saturated carbocycles. The van der Waals surface area contributed by atoms with Gasteiger partial charge in [-0.3, -0.25) is 14.5 Å². The zero-order chi connectivity index (χ0) is 32.1. The Morgan fingerprint density at radius 3 is 1.98 bits per heavy atom. The van der Waals surface area contributed by atoms with Gasteiger partial charge in [0.25, 0.3) is 0 Å². The molecule has 0 aliphatic carbocycles. The maximum atomic E-state index is 12.2. The van der Waals surface area contributed by atoms with Crippen molar-refractivity contribution in [3.63, 3.8) is 0 Å². The summed E-state index contributed by atoms with van der Waals surface area (Å²) in [4.78, 5) is 28.4. The standard InChI is InChI=1S/C23H39N3O2.C10H11F3O/c1-17(19-9-11-20(12-10-19)23(3,4)5)26(8)21(18(2)27)13-14-22(28)24-15-16-25(6)7;1-2-3-8-4-6-9(7-5-8)14-10(11,12)13/h9-12,17,21H,13-16H2,1-8H3,(H,24,28);4-7H,2-3H2,1H3/t17?,21-;/m0./s1. The second-order valence-corrected chi connectivity index (χ2v) is 12.0. The summed E-state index contributed by atoms with van der Waals surface area (Å²) in [6, 6.07) is 14.4. The van der Waals surface area contributed by atoms with E-state index in [9.17, 15) is 22.8 Å². The number of hydrogen-bond acceptors (Lipinski definition) is 5. The largest absolute Gasteiger partial charge is 0.573 e. The van der Waals surface area contributed by atoms with Crippen LogP contribution < -0.4 is 10.1 Å². The molecule has 2 rings (SSSR count). The van der Waals surface area contributed by atoms with Crippen LogP contribution in [0.2, 0.25) is 0 Å². The first-order valence-corrected chi connectivity index (χ1v) is 14.5. The molecule has 0 aromatic heterocycles. The van der Waals surface area contributed by atoms with Gasteiger partial charge in [-0.2, -0.15) is 0 Å². The van der Waals surface area contributed by atoms with Crippen LogP contribution in [0.4, 0.5) is 13.2 Å². The van der Waals surface area contributed by atoms with Gasteiger partial charge in [0, 0.05) is 25.6 Å². The number of ether oxygens (including phenoxy) is 1. The summed E-state index contributed by atoms with van der Waals surface area (Å²) in [5, 5.41) is 2.92. The smallest absolute Gasteiger partial charge is 0.406 e. The van der Waals surface area contributed by atoms with E-state index in [2.05, 4.69) is 66.9 Å². The van der Waals surface area contributed by atoms with Crippen molar-refractivity contribution >= 4 is 11.7 Å². The Labute approximate surface area is 250 Å². The molecule has 2 aromatic carbocycles. The molecule has 0 aliphatic heterocycles. The summed E-state index contributed by atoms with van der Waals surface area (Å²) in [6.07, 6.45) is -1.88. The fourth-order valence-corrected chi connectivity index (χ4v) is 4.38. The molecule has 2 atom stereocenters. The van der Waals surface area contributed by atoms with E-state index in [1.807, 2.05) is 33.0 Å². The summed E-state index contributed by atoms with van der Waals surface area (Å²) < 4.78 is 39.0. The molecule has 0 heterocycles. The molecule has 0 saturated heterocycles. The summed E-state index contributed by atoms with van der Waals surface area (Å²) in [5.74, 6) is -0.0669. The van der Waals surface area contributed by atoms with Crippen LogP contribution in [0.15, 0.2) is 48.5 Å². The van der Waals surface area contributed by atoms with E-state index >= 15 is 0 Å². The number of hydrogen-bond donors (Lipinski definition) is 1. The Balaban J connectivity index is 0.000000525. The predicted molar refractivity (Wildman–Crippen MR) is 164 cm³/mol. The van der Waals surface area contributed by atoms with Crippen LogP contribution in [0, 0.1) is 0 Å². The van der Waals surface area contributed by atoms with E-state index in [-0.39, 0.29) is 34.9 Å². The Morgan fingerprint density at radius 1 is 0.952 bits per heavy atom. The van der Waals surface area contributed by atoms with Crippen molar-refractivity contribution in [1.82, 2.24) is 15.1 Å². The molecule has 0 radical (unpaired) electrons. The molecule has 1 N–H and O–H groups in total. The van der Waals surface area contributed by atoms with Crippen LogP contribution >= 0.6 is 0 Å². The number of Topliss-reactive ketones (excluding diaryl/α,β-unsaturated/α-hetero) is 1. The maximum absolute atomic E-state index is 12.2. The molecule has 0 fully saturated rings. The van der Waals surface area contributed by atoms with Crippen molar-refractivity contribution < 1.29 is 27.5 Å². The molecule has 1 amide bonds. The van der Waals surface area contributed by atoms with Crippen LogP contribution in [-0.4, -0.2) is 68.1 Å². The normalized spacial score (nSPS) is 13.3. The number of benzene rings is 2. The van der Waals surface area contributed by atoms with Gasteiger partial charge in [0.05, 0.1) is 6.04 Å². The third kappa shape index (κ3) is 14.3. The molecule has 0 bridgehead atoms. The van der Waals surface area contributed by atoms with Crippen LogP contribution in [0.5, 0.6) is 5.75 Å². The third-order valence-electron chi connectivity index (χ3n) is 7.05. The van der Waals surface area contributed by atoms with E-state index in [1.54, 1.807) is 19.1 Å². The van der Waals surface area contributed by atoms with Gasteiger partial charge in [0.15, 0.2) is 0 Å². The Kier molecular flexibility index (Phi) is 15.3. The Hall–Kier alpha value is -2.91. The first-order valence-electron chi connectivity index (χ1n) is 14.5. The summed E-state index contributed by atoms with van der Waals surface area (Å²) in [6.45, 7) is 13.8. The van der Waals surface area contributed by atoms with Gasteiger partial charge in [0.1, 0.15) is 11.5 Å². The number of amides is 1. The lowest BCUT2D eigenvalue weighted by Gasteiger charge is -2.32. The molecule has 236 valence electrons. The SMILES string of the molecule is CC(=O)[C@H](CCC(=O)NCCN(C)C)N(C)C(C)c1ccc(C(C)(C)C)cc1.CCCc1ccc(OC(F)(F)F)cc1. The Bertz CT molecular complexity index is 1080. The fraction of sp³-hybridized carbons (Fsp3) is 0.576. The number of carbonyl (C=O) groups is 2. The number of alkyl halides is 3. The number of carbonyl (C=O) groups excluding carboxylic acids is 2. The van der Waals surface area contributed by atoms with Crippen molar-refractivity contribution in [2.75, 3.05) is 34.2 Å². The number of likely N-dealkylation sites (N-methyl/N-ethyl adjacent to an activating group) is 2. The highest BCUT2D eigenvalue weighted by atomic mass is 19.4. The molecule has 42 heavy (non-hydrogen) atoms. The number of nitrogens with one attached hydrogen (secondary N) is 1. The topological polar surface area (TPSA) is 61.9 Å². The monoisotopic (exact) mass is 593 g/mol. The Morgan fingerprint density at radius 2 is 1.52 bits per heavy atom. The highest BCUT2D eigenvalue weighted by Gasteiger charge is 2.31. The zero-order valence-electron chi connectivity index (χ0n) is 26.8. The second-order valence-electron chi connectivity index (χ2n) is 12.0. The van der Waals surface area contributed by atoms with Crippen molar-refractivity contribution in [2.45, 2.75) is 91.1 Å². The second kappa shape index (κ2) is 17.3. The average molecular weight is 594 g/mol. The third-order valence-corrected chi connectivity index (χ3v) is 7.05. The minimum absolute atomic E-state index is 0.00341. The molecule has 1 unspecified atom stereocenters. The van der Waals surface area contributed by atoms with Gasteiger partial charge >= 0.3 is 6.36 Å². The summed E-state index contributed by atoms with van der Waals surface area (Å²) >= 11 is 0. The van der Waals surface area contributed by atoms with E-state index < -0.39 is 6.36 Å². The minimum Gasteiger partial charge on any atom is -0.406 e. The number of nitrogens with zero attached hydrogens (tertiary/aromatic N) is 2. The predicted octanol–water partition coefficient (Wildman–Crippen LogP) is 6.93. The van der Waals surface area contributed by atoms with Crippen LogP contribution in [0.3, 0.4) is 0 Å². The van der Waals surface area contributed by atoms with Crippen molar-refractivity contribution in [2.24, 2.45) is 0 Å². The fourth-order valence-electron chi connectivity index (χ4n) is 4.38. The number of rotatable bonds is 13.